The van der Waals surface area contributed by atoms with Crippen LogP contribution in [0.15, 0.2) is 0 Å². The molecule has 17 heavy (non-hydrogen) atoms. The molecule has 0 bridgehead atoms. The Labute approximate surface area is 105 Å². The lowest BCUT2D eigenvalue weighted by Crippen LogP contribution is -2.32. The molecule has 3 nitrogen and oxygen atoms in total. The van der Waals surface area contributed by atoms with Crippen molar-refractivity contribution in [3.8, 4) is 0 Å². The topological polar surface area (TPSA) is 38.3 Å². The molecule has 0 amide bonds. The Kier molecular flexibility index (Phi) is 6.56. The van der Waals surface area contributed by atoms with Gasteiger partial charge in [0.15, 0.2) is 0 Å². The van der Waals surface area contributed by atoms with Gasteiger partial charge in [-0.25, -0.2) is 0 Å². The highest BCUT2D eigenvalue weighted by atomic mass is 16.5. The second-order valence-corrected chi connectivity index (χ2v) is 5.39. The van der Waals surface area contributed by atoms with Crippen molar-refractivity contribution in [1.82, 2.24) is 5.32 Å². The first-order chi connectivity index (χ1) is 8.19. The van der Waals surface area contributed by atoms with E-state index >= 15 is 0 Å². The number of hydrogen-bond donors (Lipinski definition) is 1. The average molecular weight is 241 g/mol. The maximum atomic E-state index is 11.8. The van der Waals surface area contributed by atoms with Gasteiger partial charge in [0.05, 0.1) is 12.0 Å². The Hall–Kier alpha value is -0.570. The van der Waals surface area contributed by atoms with Crippen molar-refractivity contribution in [2.75, 3.05) is 19.7 Å². The molecule has 1 heterocycles. The summed E-state index contributed by atoms with van der Waals surface area (Å²) in [6, 6.07) is 0. The summed E-state index contributed by atoms with van der Waals surface area (Å²) in [5.74, 6) is -0.0175. The molecule has 1 unspecified atom stereocenters. The van der Waals surface area contributed by atoms with E-state index in [1.807, 2.05) is 6.92 Å². The third-order valence-corrected chi connectivity index (χ3v) is 3.59. The first kappa shape index (κ1) is 14.5. The molecule has 0 aromatic heterocycles. The lowest BCUT2D eigenvalue weighted by Gasteiger charge is -2.20. The monoisotopic (exact) mass is 241 g/mol. The van der Waals surface area contributed by atoms with E-state index in [-0.39, 0.29) is 11.4 Å². The predicted molar refractivity (Wildman–Crippen MR) is 69.9 cm³/mol. The van der Waals surface area contributed by atoms with Gasteiger partial charge >= 0.3 is 5.97 Å². The molecule has 1 aliphatic rings. The zero-order valence-electron chi connectivity index (χ0n) is 11.4. The number of ether oxygens (including phenoxy) is 1. The fourth-order valence-corrected chi connectivity index (χ4v) is 2.21. The number of carbonyl (C=O) groups is 1. The minimum absolute atomic E-state index is 0.0175. The van der Waals surface area contributed by atoms with Crippen molar-refractivity contribution >= 4 is 5.97 Å². The molecule has 1 rings (SSSR count). The van der Waals surface area contributed by atoms with E-state index < -0.39 is 0 Å². The number of nitrogens with one attached hydrogen (secondary N) is 1. The van der Waals surface area contributed by atoms with Crippen LogP contribution in [0, 0.1) is 5.41 Å². The first-order valence-electron chi connectivity index (χ1n) is 7.07. The number of rotatable bonds is 8. The van der Waals surface area contributed by atoms with Gasteiger partial charge in [0.2, 0.25) is 0 Å². The van der Waals surface area contributed by atoms with Gasteiger partial charge in [-0.15, -0.1) is 0 Å². The second kappa shape index (κ2) is 7.70. The molecule has 0 spiro atoms. The highest BCUT2D eigenvalue weighted by Gasteiger charge is 2.37. The van der Waals surface area contributed by atoms with E-state index in [1.165, 1.54) is 32.1 Å². The number of unbranched alkanes of at least 4 members (excludes halogenated alkanes) is 5. The van der Waals surface area contributed by atoms with E-state index in [2.05, 4.69) is 12.2 Å². The van der Waals surface area contributed by atoms with E-state index in [9.17, 15) is 4.79 Å². The van der Waals surface area contributed by atoms with Gasteiger partial charge in [-0.05, 0) is 26.3 Å². The lowest BCUT2D eigenvalue weighted by molar-refractivity contribution is -0.153. The molecule has 1 atom stereocenters. The summed E-state index contributed by atoms with van der Waals surface area (Å²) in [5.41, 5.74) is -0.276. The molecule has 1 fully saturated rings. The van der Waals surface area contributed by atoms with Crippen LogP contribution in [0.25, 0.3) is 0 Å². The van der Waals surface area contributed by atoms with Crippen molar-refractivity contribution in [1.29, 1.82) is 0 Å². The second-order valence-electron chi connectivity index (χ2n) is 5.39. The SMILES string of the molecule is CCCCCCCCOC(=O)C1(C)CCNC1. The normalized spacial score (nSPS) is 23.9. The molecule has 0 aromatic rings. The van der Waals surface area contributed by atoms with Gasteiger partial charge in [0, 0.05) is 6.54 Å². The van der Waals surface area contributed by atoms with Crippen LogP contribution in [-0.4, -0.2) is 25.7 Å². The molecule has 0 aromatic carbocycles. The Morgan fingerprint density at radius 2 is 1.94 bits per heavy atom. The van der Waals surface area contributed by atoms with Crippen LogP contribution < -0.4 is 5.32 Å². The molecular formula is C14H27NO2. The fraction of sp³-hybridized carbons (Fsp3) is 0.929. The Morgan fingerprint density at radius 3 is 2.59 bits per heavy atom. The minimum Gasteiger partial charge on any atom is -0.465 e. The van der Waals surface area contributed by atoms with Crippen molar-refractivity contribution in [2.24, 2.45) is 5.41 Å². The lowest BCUT2D eigenvalue weighted by atomic mass is 9.90. The first-order valence-corrected chi connectivity index (χ1v) is 7.07. The molecule has 0 aliphatic carbocycles. The summed E-state index contributed by atoms with van der Waals surface area (Å²) in [5, 5.41) is 3.22. The van der Waals surface area contributed by atoms with E-state index in [0.717, 1.165) is 25.9 Å². The number of esters is 1. The highest BCUT2D eigenvalue weighted by molar-refractivity contribution is 5.77. The Morgan fingerprint density at radius 1 is 1.24 bits per heavy atom. The van der Waals surface area contributed by atoms with Crippen molar-refractivity contribution in [3.05, 3.63) is 0 Å². The van der Waals surface area contributed by atoms with Crippen LogP contribution >= 0.6 is 0 Å². The summed E-state index contributed by atoms with van der Waals surface area (Å²) in [4.78, 5) is 11.8. The van der Waals surface area contributed by atoms with Gasteiger partial charge < -0.3 is 10.1 Å². The quantitative estimate of drug-likeness (QED) is 0.524. The number of carbonyl (C=O) groups excluding carboxylic acids is 1. The van der Waals surface area contributed by atoms with Crippen LogP contribution in [0.5, 0.6) is 0 Å². The highest BCUT2D eigenvalue weighted by Crippen LogP contribution is 2.26. The Bertz CT molecular complexity index is 222. The molecule has 3 heteroatoms. The third-order valence-electron chi connectivity index (χ3n) is 3.59. The third kappa shape index (κ3) is 5.07. The summed E-state index contributed by atoms with van der Waals surface area (Å²) in [6.07, 6.45) is 8.28. The number of hydrogen-bond acceptors (Lipinski definition) is 3. The van der Waals surface area contributed by atoms with Crippen LogP contribution in [0.4, 0.5) is 0 Å². The largest absolute Gasteiger partial charge is 0.465 e. The summed E-state index contributed by atoms with van der Waals surface area (Å²) in [6.45, 7) is 6.51. The van der Waals surface area contributed by atoms with Crippen molar-refractivity contribution in [3.63, 3.8) is 0 Å². The van der Waals surface area contributed by atoms with Crippen LogP contribution in [0.1, 0.15) is 58.8 Å². The van der Waals surface area contributed by atoms with Crippen LogP contribution in [-0.2, 0) is 9.53 Å². The summed E-state index contributed by atoms with van der Waals surface area (Å²) >= 11 is 0. The molecule has 0 saturated carbocycles. The minimum atomic E-state index is -0.276. The van der Waals surface area contributed by atoms with Gasteiger partial charge in [-0.3, -0.25) is 4.79 Å². The zero-order valence-corrected chi connectivity index (χ0v) is 11.4. The van der Waals surface area contributed by atoms with Crippen molar-refractivity contribution < 1.29 is 9.53 Å². The standard InChI is InChI=1S/C14H27NO2/c1-3-4-5-6-7-8-11-17-13(16)14(2)9-10-15-12-14/h15H,3-12H2,1-2H3. The maximum Gasteiger partial charge on any atom is 0.313 e. The smallest absolute Gasteiger partial charge is 0.313 e. The van der Waals surface area contributed by atoms with Gasteiger partial charge in [-0.1, -0.05) is 39.0 Å². The van der Waals surface area contributed by atoms with Crippen LogP contribution in [0.3, 0.4) is 0 Å². The molecular weight excluding hydrogens is 214 g/mol. The zero-order chi connectivity index (χ0) is 12.6. The maximum absolute atomic E-state index is 11.8. The fourth-order valence-electron chi connectivity index (χ4n) is 2.21. The predicted octanol–water partition coefficient (Wildman–Crippen LogP) is 2.89. The Balaban J connectivity index is 2.00. The molecule has 1 saturated heterocycles. The van der Waals surface area contributed by atoms with Crippen molar-refractivity contribution in [2.45, 2.75) is 58.8 Å². The van der Waals surface area contributed by atoms with Gasteiger partial charge in [-0.2, -0.15) is 0 Å². The summed E-state index contributed by atoms with van der Waals surface area (Å²) in [7, 11) is 0. The average Bonchev–Trinajstić information content (AvgIpc) is 2.76. The molecule has 1 N–H and O–H groups in total. The summed E-state index contributed by atoms with van der Waals surface area (Å²) < 4.78 is 5.36. The molecule has 100 valence electrons. The van der Waals surface area contributed by atoms with E-state index in [4.69, 9.17) is 4.74 Å². The molecule has 0 radical (unpaired) electrons. The van der Waals surface area contributed by atoms with Crippen LogP contribution in [0.2, 0.25) is 0 Å². The van der Waals surface area contributed by atoms with Gasteiger partial charge in [0.25, 0.3) is 0 Å². The molecule has 1 aliphatic heterocycles. The van der Waals surface area contributed by atoms with E-state index in [1.54, 1.807) is 0 Å². The van der Waals surface area contributed by atoms with Gasteiger partial charge in [0.1, 0.15) is 0 Å². The van der Waals surface area contributed by atoms with E-state index in [0.29, 0.717) is 6.61 Å².